The number of thiophene rings is 1. The van der Waals surface area contributed by atoms with Crippen molar-refractivity contribution in [3.05, 3.63) is 181 Å². The Bertz CT molecular complexity index is 3060. The number of allylic oxidation sites excluding steroid dienone is 3. The van der Waals surface area contributed by atoms with E-state index in [1.807, 2.05) is 18.2 Å². The second-order valence-electron chi connectivity index (χ2n) is 13.9. The van der Waals surface area contributed by atoms with Gasteiger partial charge in [0.25, 0.3) is 0 Å². The lowest BCUT2D eigenvalue weighted by Crippen LogP contribution is -2.37. The number of hydrogen-bond acceptors (Lipinski definition) is 6. The van der Waals surface area contributed by atoms with Crippen LogP contribution in [0.3, 0.4) is 0 Å². The minimum Gasteiger partial charge on any atom is -0.455 e. The predicted molar refractivity (Wildman–Crippen MR) is 225 cm³/mol. The van der Waals surface area contributed by atoms with Crippen molar-refractivity contribution in [3.63, 3.8) is 0 Å². The highest BCUT2D eigenvalue weighted by Gasteiger charge is 2.26. The molecule has 2 aliphatic rings. The molecule has 0 spiro atoms. The number of furan rings is 1. The lowest BCUT2D eigenvalue weighted by atomic mass is 9.91. The third-order valence-corrected chi connectivity index (χ3v) is 11.8. The molecule has 0 bridgehead atoms. The summed E-state index contributed by atoms with van der Waals surface area (Å²) in [6.45, 7) is 0. The van der Waals surface area contributed by atoms with Crippen molar-refractivity contribution in [2.75, 3.05) is 0 Å². The zero-order valence-electron chi connectivity index (χ0n) is 29.1. The van der Waals surface area contributed by atoms with Crippen molar-refractivity contribution in [1.29, 1.82) is 0 Å². The number of fused-ring (bicyclic) bond motifs is 8. The maximum Gasteiger partial charge on any atom is 0.159 e. The highest BCUT2D eigenvalue weighted by atomic mass is 32.1. The average Bonchev–Trinajstić information content (AvgIpc) is 3.82. The predicted octanol–water partition coefficient (Wildman–Crippen LogP) is 12.3. The van der Waals surface area contributed by atoms with Gasteiger partial charge in [-0.05, 0) is 35.1 Å². The van der Waals surface area contributed by atoms with Crippen molar-refractivity contribution in [2.45, 2.75) is 12.6 Å². The number of amidine groups is 2. The third kappa shape index (κ3) is 5.10. The fraction of sp³-hybridized carbons (Fsp3) is 0.0625. The Labute approximate surface area is 315 Å². The summed E-state index contributed by atoms with van der Waals surface area (Å²) in [5, 5.41) is 10.8. The molecular weight excluding hydrogens is 681 g/mol. The highest BCUT2D eigenvalue weighted by molar-refractivity contribution is 7.25. The minimum atomic E-state index is -0.252. The number of benzene rings is 6. The Morgan fingerprint density at radius 1 is 0.648 bits per heavy atom. The lowest BCUT2D eigenvalue weighted by Gasteiger charge is -2.27. The van der Waals surface area contributed by atoms with E-state index in [1.165, 1.54) is 20.9 Å². The smallest absolute Gasteiger partial charge is 0.159 e. The van der Waals surface area contributed by atoms with E-state index in [0.717, 1.165) is 83.8 Å². The van der Waals surface area contributed by atoms with Crippen molar-refractivity contribution in [3.8, 4) is 11.3 Å². The van der Waals surface area contributed by atoms with Gasteiger partial charge < -0.3 is 9.73 Å². The van der Waals surface area contributed by atoms with Crippen molar-refractivity contribution in [2.24, 2.45) is 15.9 Å². The summed E-state index contributed by atoms with van der Waals surface area (Å²) >= 11 is 1.75. The Hall–Kier alpha value is -6.63. The van der Waals surface area contributed by atoms with Crippen LogP contribution < -0.4 is 5.32 Å². The number of aromatic nitrogens is 1. The maximum absolute atomic E-state index is 6.37. The monoisotopic (exact) mass is 712 g/mol. The maximum atomic E-state index is 6.37. The van der Waals surface area contributed by atoms with Gasteiger partial charge in [-0.2, -0.15) is 0 Å². The molecule has 6 heteroatoms. The SMILES string of the molecule is C1=CC(C2=NC(c3ccc(-c4nc5sc6ccccc6c5c5ccccc45)cc3)=NC(c3ccccc3)N2)CC=C1c1cccc2c1oc1ccccc12. The molecule has 3 aromatic heterocycles. The topological polar surface area (TPSA) is 62.8 Å². The average molecular weight is 713 g/mol. The fourth-order valence-electron chi connectivity index (χ4n) is 8.03. The van der Waals surface area contributed by atoms with Crippen molar-refractivity contribution in [1.82, 2.24) is 10.3 Å². The first-order valence-electron chi connectivity index (χ1n) is 18.3. The fourth-order valence-corrected chi connectivity index (χ4v) is 9.12. The first kappa shape index (κ1) is 30.9. The molecule has 11 rings (SSSR count). The van der Waals surface area contributed by atoms with E-state index in [9.17, 15) is 0 Å². The van der Waals surface area contributed by atoms with Crippen LogP contribution in [0.4, 0.5) is 0 Å². The third-order valence-electron chi connectivity index (χ3n) is 10.7. The molecular formula is C48H32N4OS. The quantitative estimate of drug-likeness (QED) is 0.193. The number of para-hydroxylation sites is 2. The number of rotatable bonds is 5. The van der Waals surface area contributed by atoms with Crippen LogP contribution in [0.5, 0.6) is 0 Å². The van der Waals surface area contributed by atoms with E-state index in [-0.39, 0.29) is 12.1 Å². The molecule has 256 valence electrons. The summed E-state index contributed by atoms with van der Waals surface area (Å²) in [6, 6.07) is 50.9. The molecule has 0 saturated heterocycles. The van der Waals surface area contributed by atoms with Gasteiger partial charge in [0.05, 0.1) is 5.69 Å². The Balaban J connectivity index is 0.940. The molecule has 9 aromatic rings. The summed E-state index contributed by atoms with van der Waals surface area (Å²) in [4.78, 5) is 16.7. The molecule has 2 unspecified atom stereocenters. The van der Waals surface area contributed by atoms with Crippen LogP contribution in [0, 0.1) is 5.92 Å². The second-order valence-corrected chi connectivity index (χ2v) is 14.9. The zero-order valence-corrected chi connectivity index (χ0v) is 29.9. The molecule has 1 aliphatic heterocycles. The Morgan fingerprint density at radius 2 is 1.37 bits per heavy atom. The van der Waals surface area contributed by atoms with Gasteiger partial charge in [-0.25, -0.2) is 15.0 Å². The van der Waals surface area contributed by atoms with Crippen molar-refractivity contribution < 1.29 is 4.42 Å². The molecule has 2 atom stereocenters. The number of nitrogens with zero attached hydrogens (tertiary/aromatic N) is 3. The Morgan fingerprint density at radius 3 is 2.20 bits per heavy atom. The zero-order chi connectivity index (χ0) is 35.6. The summed E-state index contributed by atoms with van der Waals surface area (Å²) in [5.74, 6) is 1.70. The van der Waals surface area contributed by atoms with Gasteiger partial charge in [-0.1, -0.05) is 152 Å². The van der Waals surface area contributed by atoms with E-state index in [4.69, 9.17) is 19.4 Å². The van der Waals surface area contributed by atoms with Gasteiger partial charge in [-0.3, -0.25) is 0 Å². The van der Waals surface area contributed by atoms with E-state index >= 15 is 0 Å². The van der Waals surface area contributed by atoms with Gasteiger partial charge in [0.2, 0.25) is 0 Å². The second kappa shape index (κ2) is 12.5. The summed E-state index contributed by atoms with van der Waals surface area (Å²) in [6.07, 6.45) is 7.33. The van der Waals surface area contributed by atoms with Crippen LogP contribution in [0.1, 0.15) is 29.3 Å². The first-order chi connectivity index (χ1) is 26.7. The lowest BCUT2D eigenvalue weighted by molar-refractivity contribution is 0.643. The Kier molecular flexibility index (Phi) is 7.17. The van der Waals surface area contributed by atoms with E-state index in [1.54, 1.807) is 11.3 Å². The van der Waals surface area contributed by atoms with Gasteiger partial charge in [0, 0.05) is 54.2 Å². The molecule has 1 N–H and O–H groups in total. The van der Waals surface area contributed by atoms with E-state index < -0.39 is 0 Å². The summed E-state index contributed by atoms with van der Waals surface area (Å²) < 4.78 is 7.62. The standard InChI is InChI=1S/C48H32N4OS/c1-2-11-31(12-3-1)45-50-46(32-25-21-29(22-26-32)34-17-10-18-38-35-13-6-8-19-40(35)53-44(34)38)52-47(51-45)33-27-23-30(24-28-33)43-37-15-5-4-14-36(37)42-39-16-7-9-20-41(39)54-48(42)49-43/h1-25,27-28,32,45H,26H2,(H,50,51,52). The highest BCUT2D eigenvalue weighted by Crippen LogP contribution is 2.41. The van der Waals surface area contributed by atoms with Crippen molar-refractivity contribution >= 4 is 81.6 Å². The van der Waals surface area contributed by atoms with Crippen LogP contribution in [0.15, 0.2) is 178 Å². The number of nitrogens with one attached hydrogen (secondary N) is 1. The number of aliphatic imine (C=N–C) groups is 2. The normalized spacial score (nSPS) is 17.2. The van der Waals surface area contributed by atoms with Crippen LogP contribution in [-0.4, -0.2) is 16.7 Å². The van der Waals surface area contributed by atoms with Crippen LogP contribution in [-0.2, 0) is 0 Å². The minimum absolute atomic E-state index is 0.0724. The summed E-state index contributed by atoms with van der Waals surface area (Å²) in [7, 11) is 0. The van der Waals surface area contributed by atoms with Crippen LogP contribution >= 0.6 is 11.3 Å². The molecule has 4 heterocycles. The molecule has 0 saturated carbocycles. The molecule has 0 fully saturated rings. The largest absolute Gasteiger partial charge is 0.455 e. The molecule has 1 aliphatic carbocycles. The molecule has 54 heavy (non-hydrogen) atoms. The van der Waals surface area contributed by atoms with Gasteiger partial charge in [0.15, 0.2) is 5.84 Å². The molecule has 6 aromatic carbocycles. The number of hydrogen-bond donors (Lipinski definition) is 1. The van der Waals surface area contributed by atoms with E-state index in [0.29, 0.717) is 0 Å². The van der Waals surface area contributed by atoms with Crippen LogP contribution in [0.2, 0.25) is 0 Å². The first-order valence-corrected chi connectivity index (χ1v) is 19.1. The summed E-state index contributed by atoms with van der Waals surface area (Å²) in [5.41, 5.74) is 8.23. The van der Waals surface area contributed by atoms with Crippen LogP contribution in [0.25, 0.3) is 69.8 Å². The van der Waals surface area contributed by atoms with E-state index in [2.05, 4.69) is 151 Å². The van der Waals surface area contributed by atoms with Gasteiger partial charge >= 0.3 is 0 Å². The van der Waals surface area contributed by atoms with Gasteiger partial charge in [-0.15, -0.1) is 11.3 Å². The number of pyridine rings is 1. The molecule has 0 amide bonds. The van der Waals surface area contributed by atoms with Gasteiger partial charge in [0.1, 0.15) is 28.0 Å². The molecule has 0 radical (unpaired) electrons. The molecule has 5 nitrogen and oxygen atoms in total.